The molecule has 5 aliphatic rings. The number of nitrogens with one attached hydrogen (secondary N) is 1. The van der Waals surface area contributed by atoms with Crippen LogP contribution in [0.25, 0.3) is 5.57 Å². The topological polar surface area (TPSA) is 107 Å². The average Bonchev–Trinajstić information content (AvgIpc) is 3.50. The highest BCUT2D eigenvalue weighted by Crippen LogP contribution is 2.77. The fourth-order valence-electron chi connectivity index (χ4n) is 14.0. The largest absolute Gasteiger partial charge is 0.481 e. The lowest BCUT2D eigenvalue weighted by Gasteiger charge is -2.72. The summed E-state index contributed by atoms with van der Waals surface area (Å²) in [7, 11) is 0. The Kier molecular flexibility index (Phi) is 11.0. The molecule has 7 nitrogen and oxygen atoms in total. The van der Waals surface area contributed by atoms with Gasteiger partial charge in [-0.3, -0.25) is 9.59 Å². The molecular weight excluding hydrogens is 661 g/mol. The second kappa shape index (κ2) is 14.6. The van der Waals surface area contributed by atoms with Gasteiger partial charge in [0.05, 0.1) is 11.0 Å². The number of carboxylic acids is 2. The molecule has 4 saturated carbocycles. The predicted molar refractivity (Wildman–Crippen MR) is 212 cm³/mol. The van der Waals surface area contributed by atoms with Gasteiger partial charge >= 0.3 is 11.9 Å². The van der Waals surface area contributed by atoms with Gasteiger partial charge in [-0.25, -0.2) is 4.79 Å². The van der Waals surface area contributed by atoms with Gasteiger partial charge in [0.25, 0.3) is 0 Å². The molecule has 3 N–H and O–H groups in total. The van der Waals surface area contributed by atoms with E-state index in [1.807, 2.05) is 12.1 Å². The Morgan fingerprint density at radius 2 is 1.57 bits per heavy atom. The van der Waals surface area contributed by atoms with E-state index >= 15 is 0 Å². The smallest absolute Gasteiger partial charge is 0.335 e. The molecule has 0 bridgehead atoms. The lowest BCUT2D eigenvalue weighted by molar-refractivity contribution is -0.225. The van der Waals surface area contributed by atoms with Crippen molar-refractivity contribution in [3.63, 3.8) is 0 Å². The van der Waals surface area contributed by atoms with E-state index in [4.69, 9.17) is 5.11 Å². The first-order valence-electron chi connectivity index (χ1n) is 20.9. The third-order valence-electron chi connectivity index (χ3n) is 16.8. The minimum absolute atomic E-state index is 0.0280. The summed E-state index contributed by atoms with van der Waals surface area (Å²) in [6.07, 6.45) is 14.2. The van der Waals surface area contributed by atoms with Crippen LogP contribution in [-0.4, -0.2) is 59.1 Å². The van der Waals surface area contributed by atoms with Crippen molar-refractivity contribution in [1.82, 2.24) is 10.2 Å². The number of amides is 1. The zero-order chi connectivity index (χ0) is 38.6. The van der Waals surface area contributed by atoms with Gasteiger partial charge in [-0.2, -0.15) is 0 Å². The average molecular weight is 729 g/mol. The lowest BCUT2D eigenvalue weighted by Crippen LogP contribution is -2.66. The van der Waals surface area contributed by atoms with Gasteiger partial charge in [-0.15, -0.1) is 0 Å². The molecule has 4 fully saturated rings. The molecule has 292 valence electrons. The maximum atomic E-state index is 14.5. The molecular formula is C46H68N2O5. The molecule has 5 aliphatic carbocycles. The van der Waals surface area contributed by atoms with Crippen LogP contribution in [0.5, 0.6) is 0 Å². The van der Waals surface area contributed by atoms with Crippen molar-refractivity contribution in [3.8, 4) is 0 Å². The molecule has 53 heavy (non-hydrogen) atoms. The first-order chi connectivity index (χ1) is 25.0. The lowest BCUT2D eigenvalue weighted by atomic mass is 9.32. The normalized spacial score (nSPS) is 37.1. The van der Waals surface area contributed by atoms with Crippen LogP contribution in [-0.2, 0) is 9.59 Å². The number of carboxylic acid groups (broad SMARTS) is 2. The number of aliphatic carboxylic acids is 1. The maximum absolute atomic E-state index is 14.5. The third kappa shape index (κ3) is 6.53. The van der Waals surface area contributed by atoms with Gasteiger partial charge in [0, 0.05) is 13.0 Å². The van der Waals surface area contributed by atoms with Gasteiger partial charge in [0.1, 0.15) is 0 Å². The van der Waals surface area contributed by atoms with E-state index < -0.39 is 11.9 Å². The van der Waals surface area contributed by atoms with Crippen LogP contribution < -0.4 is 5.32 Å². The molecule has 0 saturated heterocycles. The first-order valence-corrected chi connectivity index (χ1v) is 20.9. The van der Waals surface area contributed by atoms with Crippen molar-refractivity contribution >= 4 is 23.4 Å². The maximum Gasteiger partial charge on any atom is 0.335 e. The molecule has 1 amide bonds. The van der Waals surface area contributed by atoms with Crippen molar-refractivity contribution in [1.29, 1.82) is 0 Å². The molecule has 0 spiro atoms. The van der Waals surface area contributed by atoms with Crippen LogP contribution in [0, 0.1) is 56.7 Å². The number of hydrogen-bond donors (Lipinski definition) is 3. The molecule has 9 unspecified atom stereocenters. The highest BCUT2D eigenvalue weighted by Gasteiger charge is 2.71. The summed E-state index contributed by atoms with van der Waals surface area (Å²) >= 11 is 0. The van der Waals surface area contributed by atoms with Gasteiger partial charge < -0.3 is 20.4 Å². The molecule has 0 heterocycles. The van der Waals surface area contributed by atoms with Crippen LogP contribution in [0.3, 0.4) is 0 Å². The van der Waals surface area contributed by atoms with Gasteiger partial charge in [0.2, 0.25) is 5.91 Å². The molecule has 0 radical (unpaired) electrons. The number of hydrogen-bond acceptors (Lipinski definition) is 4. The number of benzene rings is 1. The summed E-state index contributed by atoms with van der Waals surface area (Å²) < 4.78 is 0. The molecule has 0 aromatic heterocycles. The van der Waals surface area contributed by atoms with E-state index in [1.54, 1.807) is 12.1 Å². The number of aromatic carboxylic acids is 1. The summed E-state index contributed by atoms with van der Waals surface area (Å²) in [6.45, 7) is 24.8. The van der Waals surface area contributed by atoms with E-state index in [9.17, 15) is 19.5 Å². The molecule has 6 rings (SSSR count). The van der Waals surface area contributed by atoms with Crippen LogP contribution in [0.4, 0.5) is 0 Å². The quantitative estimate of drug-likeness (QED) is 0.138. The third-order valence-corrected chi connectivity index (χ3v) is 16.8. The minimum Gasteiger partial charge on any atom is -0.481 e. The van der Waals surface area contributed by atoms with E-state index in [-0.39, 0.29) is 39.4 Å². The molecule has 1 aromatic rings. The number of rotatable bonds is 13. The fraction of sp³-hybridized carbons (Fsp3) is 0.717. The number of carbonyl (C=O) groups is 3. The Balaban J connectivity index is 1.22. The van der Waals surface area contributed by atoms with Crippen molar-refractivity contribution in [3.05, 3.63) is 53.6 Å². The number of allylic oxidation sites excluding steroid dienone is 3. The van der Waals surface area contributed by atoms with Gasteiger partial charge in [-0.1, -0.05) is 71.9 Å². The SMILES string of the molecule is C=C(C)C1CCC2(C(=O)NCCCN(CC)CCCC(=O)O)CCC3(C)C(CCC4C5(C)CC=C(c6ccc(C(=O)O)cc6)C(C)(C)C5CCC43C)C12. The van der Waals surface area contributed by atoms with E-state index in [0.29, 0.717) is 48.1 Å². The molecule has 0 aliphatic heterocycles. The van der Waals surface area contributed by atoms with Crippen LogP contribution in [0.15, 0.2) is 42.5 Å². The van der Waals surface area contributed by atoms with E-state index in [2.05, 4.69) is 71.3 Å². The van der Waals surface area contributed by atoms with Crippen LogP contribution in [0.2, 0.25) is 0 Å². The Morgan fingerprint density at radius 3 is 2.21 bits per heavy atom. The zero-order valence-electron chi connectivity index (χ0n) is 33.9. The van der Waals surface area contributed by atoms with Crippen molar-refractivity contribution in [2.24, 2.45) is 56.7 Å². The second-order valence-corrected chi connectivity index (χ2v) is 19.3. The second-order valence-electron chi connectivity index (χ2n) is 19.3. The van der Waals surface area contributed by atoms with E-state index in [1.165, 1.54) is 36.8 Å². The highest BCUT2D eigenvalue weighted by atomic mass is 16.4. The minimum atomic E-state index is -0.883. The molecule has 1 aromatic carbocycles. The van der Waals surface area contributed by atoms with Crippen LogP contribution >= 0.6 is 0 Å². The summed E-state index contributed by atoms with van der Waals surface area (Å²) in [4.78, 5) is 39.4. The first kappa shape index (κ1) is 39.8. The Morgan fingerprint density at radius 1 is 0.868 bits per heavy atom. The summed E-state index contributed by atoms with van der Waals surface area (Å²) in [5, 5.41) is 22.0. The van der Waals surface area contributed by atoms with Gasteiger partial charge in [0.15, 0.2) is 0 Å². The Hall–Kier alpha value is -2.93. The fourth-order valence-corrected chi connectivity index (χ4v) is 14.0. The monoisotopic (exact) mass is 729 g/mol. The summed E-state index contributed by atoms with van der Waals surface area (Å²) in [5.74, 6) is 0.989. The summed E-state index contributed by atoms with van der Waals surface area (Å²) in [6, 6.07) is 7.52. The van der Waals surface area contributed by atoms with Gasteiger partial charge in [-0.05, 0) is 172 Å². The Labute approximate surface area is 319 Å². The molecule has 7 heteroatoms. The number of carbonyl (C=O) groups excluding carboxylic acids is 1. The van der Waals surface area contributed by atoms with E-state index in [0.717, 1.165) is 63.7 Å². The Bertz CT molecular complexity index is 1610. The van der Waals surface area contributed by atoms with Crippen molar-refractivity contribution in [2.45, 2.75) is 126 Å². The molecule has 9 atom stereocenters. The zero-order valence-corrected chi connectivity index (χ0v) is 33.9. The number of fused-ring (bicyclic) bond motifs is 7. The van der Waals surface area contributed by atoms with Crippen LogP contribution in [0.1, 0.15) is 141 Å². The summed E-state index contributed by atoms with van der Waals surface area (Å²) in [5.41, 5.74) is 4.24. The van der Waals surface area contributed by atoms with Crippen molar-refractivity contribution < 1.29 is 24.6 Å². The highest BCUT2D eigenvalue weighted by molar-refractivity contribution is 5.88. The number of nitrogens with zero attached hydrogens (tertiary/aromatic N) is 1. The standard InChI is InChI=1S/C46H68N2O5/c1-9-48(28-10-12-38(49)50)29-11-27-47-41(53)46-24-19-33(30(2)3)39(46)35-17-18-37-43(6)22-20-34(31-13-15-32(16-14-31)40(51)52)42(4,5)36(43)21-23-45(37,8)44(35,7)25-26-46/h13-16,20,33,35-37,39H,2,9-12,17-19,21-29H2,1,3-8H3,(H,47,53)(H,49,50)(H,51,52). The van der Waals surface area contributed by atoms with Crippen molar-refractivity contribution in [2.75, 3.05) is 26.2 Å². The predicted octanol–water partition coefficient (Wildman–Crippen LogP) is 9.73.